The average molecular weight is 329 g/mol. The van der Waals surface area contributed by atoms with E-state index in [0.29, 0.717) is 12.0 Å². The van der Waals surface area contributed by atoms with Crippen LogP contribution in [0.25, 0.3) is 0 Å². The molecule has 1 spiro atoms. The number of nitrogens with zero attached hydrogens (tertiary/aromatic N) is 4. The Morgan fingerprint density at radius 2 is 2.25 bits per heavy atom. The van der Waals surface area contributed by atoms with E-state index >= 15 is 0 Å². The molecular weight excluding hydrogens is 306 g/mol. The molecule has 2 aliphatic rings. The number of rotatable bonds is 4. The SMILES string of the molecule is Cc1cc(CN2CC[C@]3(C[C@H](Nc4ncccn4)CCO3)C2)no1. The van der Waals surface area contributed by atoms with E-state index in [1.165, 1.54) is 0 Å². The van der Waals surface area contributed by atoms with Crippen molar-refractivity contribution < 1.29 is 9.26 Å². The van der Waals surface area contributed by atoms with Gasteiger partial charge in [0, 0.05) is 50.7 Å². The zero-order valence-corrected chi connectivity index (χ0v) is 13.9. The number of aryl methyl sites for hydroxylation is 1. The van der Waals surface area contributed by atoms with Gasteiger partial charge in [-0.25, -0.2) is 9.97 Å². The summed E-state index contributed by atoms with van der Waals surface area (Å²) in [6.07, 6.45) is 6.56. The lowest BCUT2D eigenvalue weighted by molar-refractivity contribution is -0.0738. The molecule has 2 fully saturated rings. The molecule has 0 aromatic carbocycles. The Kier molecular flexibility index (Phi) is 4.20. The summed E-state index contributed by atoms with van der Waals surface area (Å²) in [7, 11) is 0. The molecule has 7 nitrogen and oxygen atoms in total. The molecular formula is C17H23N5O2. The van der Waals surface area contributed by atoms with Crippen LogP contribution in [0, 0.1) is 6.92 Å². The van der Waals surface area contributed by atoms with Gasteiger partial charge < -0.3 is 14.6 Å². The summed E-state index contributed by atoms with van der Waals surface area (Å²) in [6, 6.07) is 4.19. The fourth-order valence-electron chi connectivity index (χ4n) is 3.78. The minimum absolute atomic E-state index is 0.0660. The van der Waals surface area contributed by atoms with Crippen LogP contribution in [0.5, 0.6) is 0 Å². The summed E-state index contributed by atoms with van der Waals surface area (Å²) in [6.45, 7) is 5.49. The van der Waals surface area contributed by atoms with Crippen molar-refractivity contribution in [3.05, 3.63) is 36.0 Å². The van der Waals surface area contributed by atoms with Crippen LogP contribution < -0.4 is 5.32 Å². The molecule has 0 amide bonds. The Morgan fingerprint density at radius 3 is 3.04 bits per heavy atom. The highest BCUT2D eigenvalue weighted by Crippen LogP contribution is 2.35. The number of anilines is 1. The molecule has 4 rings (SSSR count). The first-order valence-corrected chi connectivity index (χ1v) is 8.53. The highest BCUT2D eigenvalue weighted by molar-refractivity contribution is 5.25. The number of likely N-dealkylation sites (tertiary alicyclic amines) is 1. The summed E-state index contributed by atoms with van der Waals surface area (Å²) in [5.41, 5.74) is 0.927. The van der Waals surface area contributed by atoms with E-state index in [-0.39, 0.29) is 5.60 Å². The van der Waals surface area contributed by atoms with Crippen LogP contribution in [0.3, 0.4) is 0 Å². The number of ether oxygens (including phenoxy) is 1. The van der Waals surface area contributed by atoms with Crippen molar-refractivity contribution in [1.82, 2.24) is 20.0 Å². The Hall–Kier alpha value is -1.99. The Labute approximate surface area is 141 Å². The molecule has 4 heterocycles. The van der Waals surface area contributed by atoms with Crippen molar-refractivity contribution in [2.24, 2.45) is 0 Å². The van der Waals surface area contributed by atoms with Crippen LogP contribution in [0.2, 0.25) is 0 Å². The monoisotopic (exact) mass is 329 g/mol. The minimum atomic E-state index is -0.0660. The molecule has 2 atom stereocenters. The number of hydrogen-bond donors (Lipinski definition) is 1. The van der Waals surface area contributed by atoms with Gasteiger partial charge in [0.1, 0.15) is 5.76 Å². The molecule has 2 aromatic heterocycles. The molecule has 2 aromatic rings. The second kappa shape index (κ2) is 6.49. The van der Waals surface area contributed by atoms with Gasteiger partial charge in [0.15, 0.2) is 0 Å². The first kappa shape index (κ1) is 15.5. The largest absolute Gasteiger partial charge is 0.373 e. The van der Waals surface area contributed by atoms with Crippen molar-refractivity contribution in [2.75, 3.05) is 25.0 Å². The minimum Gasteiger partial charge on any atom is -0.373 e. The summed E-state index contributed by atoms with van der Waals surface area (Å²) < 4.78 is 11.4. The number of hydrogen-bond acceptors (Lipinski definition) is 7. The highest BCUT2D eigenvalue weighted by atomic mass is 16.5. The standard InChI is InChI=1S/C17H23N5O2/c1-13-9-15(21-24-13)11-22-7-4-17(12-22)10-14(3-8-23-17)20-16-18-5-2-6-19-16/h2,5-6,9,14H,3-4,7-8,10-12H2,1H3,(H,18,19,20)/t14-,17+/m1/s1. The third kappa shape index (κ3) is 3.42. The number of aromatic nitrogens is 3. The van der Waals surface area contributed by atoms with E-state index in [2.05, 4.69) is 25.3 Å². The van der Waals surface area contributed by atoms with Crippen molar-refractivity contribution >= 4 is 5.95 Å². The Morgan fingerprint density at radius 1 is 1.38 bits per heavy atom. The van der Waals surface area contributed by atoms with Gasteiger partial charge in [0.25, 0.3) is 0 Å². The van der Waals surface area contributed by atoms with Gasteiger partial charge in [0.05, 0.1) is 11.3 Å². The summed E-state index contributed by atoms with van der Waals surface area (Å²) >= 11 is 0. The normalized spacial score (nSPS) is 27.6. The molecule has 0 unspecified atom stereocenters. The first-order chi connectivity index (χ1) is 11.7. The molecule has 0 saturated carbocycles. The zero-order chi connectivity index (χ0) is 16.4. The highest BCUT2D eigenvalue weighted by Gasteiger charge is 2.43. The lowest BCUT2D eigenvalue weighted by atomic mass is 9.89. The second-order valence-electron chi connectivity index (χ2n) is 6.83. The van der Waals surface area contributed by atoms with Gasteiger partial charge in [-0.15, -0.1) is 0 Å². The zero-order valence-electron chi connectivity index (χ0n) is 13.9. The lowest BCUT2D eigenvalue weighted by Gasteiger charge is -2.38. The number of nitrogens with one attached hydrogen (secondary N) is 1. The molecule has 2 aliphatic heterocycles. The maximum atomic E-state index is 6.20. The fourth-order valence-corrected chi connectivity index (χ4v) is 3.78. The molecule has 2 saturated heterocycles. The van der Waals surface area contributed by atoms with Crippen molar-refractivity contribution in [3.8, 4) is 0 Å². The lowest BCUT2D eigenvalue weighted by Crippen LogP contribution is -2.46. The van der Waals surface area contributed by atoms with Gasteiger partial charge in [-0.1, -0.05) is 5.16 Å². The molecule has 128 valence electrons. The van der Waals surface area contributed by atoms with Crippen molar-refractivity contribution in [2.45, 2.75) is 44.4 Å². The van der Waals surface area contributed by atoms with E-state index in [9.17, 15) is 0 Å². The van der Waals surface area contributed by atoms with E-state index in [1.807, 2.05) is 19.1 Å². The summed E-state index contributed by atoms with van der Waals surface area (Å²) in [5.74, 6) is 1.56. The molecule has 0 bridgehead atoms. The molecule has 7 heteroatoms. The second-order valence-corrected chi connectivity index (χ2v) is 6.83. The van der Waals surface area contributed by atoms with Gasteiger partial charge in [-0.2, -0.15) is 0 Å². The van der Waals surface area contributed by atoms with Crippen LogP contribution in [-0.2, 0) is 11.3 Å². The summed E-state index contributed by atoms with van der Waals surface area (Å²) in [5, 5.41) is 7.55. The molecule has 1 N–H and O–H groups in total. The molecule has 0 radical (unpaired) electrons. The van der Waals surface area contributed by atoms with Gasteiger partial charge in [0.2, 0.25) is 5.95 Å². The van der Waals surface area contributed by atoms with Crippen LogP contribution >= 0.6 is 0 Å². The maximum Gasteiger partial charge on any atom is 0.222 e. The van der Waals surface area contributed by atoms with Gasteiger partial charge in [-0.05, 0) is 32.3 Å². The topological polar surface area (TPSA) is 76.3 Å². The van der Waals surface area contributed by atoms with Crippen LogP contribution in [0.1, 0.15) is 30.7 Å². The smallest absolute Gasteiger partial charge is 0.222 e. The van der Waals surface area contributed by atoms with E-state index in [4.69, 9.17) is 9.26 Å². The predicted molar refractivity (Wildman–Crippen MR) is 88.5 cm³/mol. The quantitative estimate of drug-likeness (QED) is 0.919. The summed E-state index contributed by atoms with van der Waals surface area (Å²) in [4.78, 5) is 10.9. The van der Waals surface area contributed by atoms with E-state index < -0.39 is 0 Å². The van der Waals surface area contributed by atoms with E-state index in [1.54, 1.807) is 12.4 Å². The third-order valence-electron chi connectivity index (χ3n) is 4.85. The first-order valence-electron chi connectivity index (χ1n) is 8.53. The van der Waals surface area contributed by atoms with Crippen molar-refractivity contribution in [1.29, 1.82) is 0 Å². The van der Waals surface area contributed by atoms with Crippen LogP contribution in [0.15, 0.2) is 29.0 Å². The third-order valence-corrected chi connectivity index (χ3v) is 4.85. The van der Waals surface area contributed by atoms with Crippen molar-refractivity contribution in [3.63, 3.8) is 0 Å². The van der Waals surface area contributed by atoms with Gasteiger partial charge >= 0.3 is 0 Å². The van der Waals surface area contributed by atoms with Crippen LogP contribution in [0.4, 0.5) is 5.95 Å². The average Bonchev–Trinajstić information content (AvgIpc) is 3.15. The fraction of sp³-hybridized carbons (Fsp3) is 0.588. The predicted octanol–water partition coefficient (Wildman–Crippen LogP) is 2.01. The molecule has 24 heavy (non-hydrogen) atoms. The molecule has 0 aliphatic carbocycles. The maximum absolute atomic E-state index is 6.20. The Balaban J connectivity index is 1.36. The van der Waals surface area contributed by atoms with Gasteiger partial charge in [-0.3, -0.25) is 4.90 Å². The van der Waals surface area contributed by atoms with Crippen LogP contribution in [-0.4, -0.2) is 51.4 Å². The van der Waals surface area contributed by atoms with E-state index in [0.717, 1.165) is 57.0 Å². The Bertz CT molecular complexity index is 677.